The molecule has 0 bridgehead atoms. The predicted molar refractivity (Wildman–Crippen MR) is 372 cm³/mol. The highest BCUT2D eigenvalue weighted by molar-refractivity contribution is 6.21. The molecule has 0 aromatic carbocycles. The van der Waals surface area contributed by atoms with Crippen LogP contribution >= 0.6 is 11.6 Å². The van der Waals surface area contributed by atoms with E-state index in [1.54, 1.807) is 20.8 Å². The fourth-order valence-electron chi connectivity index (χ4n) is 16.4. The maximum atomic E-state index is 15.5. The van der Waals surface area contributed by atoms with E-state index >= 15 is 28.8 Å². The summed E-state index contributed by atoms with van der Waals surface area (Å²) in [4.78, 5) is 189. The number of amides is 12. The number of halogens is 7. The molecule has 4 heterocycles. The van der Waals surface area contributed by atoms with Gasteiger partial charge in [-0.3, -0.25) is 57.5 Å². The van der Waals surface area contributed by atoms with E-state index in [-0.39, 0.29) is 148 Å². The van der Waals surface area contributed by atoms with Gasteiger partial charge in [0.25, 0.3) is 0 Å². The Morgan fingerprint density at radius 1 is 0.606 bits per heavy atom. The highest BCUT2D eigenvalue weighted by atomic mass is 35.5. The van der Waals surface area contributed by atoms with Crippen molar-refractivity contribution in [3.05, 3.63) is 0 Å². The first-order valence-electron chi connectivity index (χ1n) is 37.5. The Balaban J connectivity index is 1.28. The summed E-state index contributed by atoms with van der Waals surface area (Å²) in [6.07, 6.45) is -8.06. The normalized spacial score (nSPS) is 31.8. The van der Waals surface area contributed by atoms with E-state index < -0.39 is 197 Å². The van der Waals surface area contributed by atoms with Crippen LogP contribution in [0.3, 0.4) is 0 Å². The molecule has 588 valence electrons. The first kappa shape index (κ1) is 84.7. The van der Waals surface area contributed by atoms with Gasteiger partial charge in [0.05, 0.1) is 38.0 Å². The second-order valence-electron chi connectivity index (χ2n) is 31.1. The van der Waals surface area contributed by atoms with Gasteiger partial charge in [-0.2, -0.15) is 26.3 Å². The SMILES string of the molecule is CC[C@H](C)[C@@H]1NC(=O)[C@H](CC(C)C)N(C)C(=O)C[C@@H](C(=O)N2CCOCC2)N(C)C(=O)[C@H]([C@@H](C)CC)N(C)C(=O)C2(CCCC2)NC(=O)[C@@H]2CCCN2C(=O)[C@H](CCC2CCC(C(F)(F)F)C(Cl)C2)NC(=O)CN(C)C(=O)[C@H](CC2CCC(C(F)(F)F)CC2)N(C)C(=O)[C@@H]2CCN2C(=O)[C@H](C)NC1=O. The fourth-order valence-corrected chi connectivity index (χ4v) is 16.9. The summed E-state index contributed by atoms with van der Waals surface area (Å²) < 4.78 is 89.6. The van der Waals surface area contributed by atoms with Crippen molar-refractivity contribution in [2.24, 2.45) is 41.4 Å². The third kappa shape index (κ3) is 20.4. The number of nitrogens with zero attached hydrogens (tertiary/aromatic N) is 8. The minimum atomic E-state index is -4.56. The Hall–Kier alpha value is -6.53. The van der Waals surface area contributed by atoms with Crippen LogP contribution in [0.1, 0.15) is 183 Å². The topological polar surface area (TPSA) is 288 Å². The summed E-state index contributed by atoms with van der Waals surface area (Å²) in [5.41, 5.74) is -1.63. The lowest BCUT2D eigenvalue weighted by Crippen LogP contribution is -2.65. The van der Waals surface area contributed by atoms with Gasteiger partial charge in [-0.15, -0.1) is 11.6 Å². The Bertz CT molecular complexity index is 3080. The van der Waals surface area contributed by atoms with E-state index in [4.69, 9.17) is 16.3 Å². The van der Waals surface area contributed by atoms with Crippen LogP contribution in [-0.4, -0.2) is 269 Å². The van der Waals surface area contributed by atoms with Crippen molar-refractivity contribution in [1.29, 1.82) is 0 Å². The van der Waals surface area contributed by atoms with Crippen LogP contribution in [0.2, 0.25) is 0 Å². The monoisotopic (exact) mass is 1500 g/mol. The zero-order chi connectivity index (χ0) is 77.2. The molecule has 0 aromatic heterocycles. The quantitative estimate of drug-likeness (QED) is 0.133. The highest BCUT2D eigenvalue weighted by Gasteiger charge is 2.53. The van der Waals surface area contributed by atoms with Crippen molar-refractivity contribution < 1.29 is 88.6 Å². The maximum absolute atomic E-state index is 15.5. The van der Waals surface area contributed by atoms with Gasteiger partial charge >= 0.3 is 12.4 Å². The molecule has 4 aliphatic heterocycles. The molecule has 1 spiro atoms. The molecule has 3 unspecified atom stereocenters. The molecule has 12 amide bonds. The molecule has 0 aromatic rings. The average molecular weight is 1500 g/mol. The van der Waals surface area contributed by atoms with Gasteiger partial charge in [0, 0.05) is 66.8 Å². The van der Waals surface area contributed by atoms with Gasteiger partial charge in [0.1, 0.15) is 59.9 Å². The molecular formula is C72H113ClF6N12O13. The predicted octanol–water partition coefficient (Wildman–Crippen LogP) is 5.77. The molecule has 7 fully saturated rings. The summed E-state index contributed by atoms with van der Waals surface area (Å²) >= 11 is 6.38. The number of morpholine rings is 1. The van der Waals surface area contributed by atoms with Crippen LogP contribution in [0.15, 0.2) is 0 Å². The molecular weight excluding hydrogens is 1390 g/mol. The lowest BCUT2D eigenvalue weighted by Gasteiger charge is -2.44. The minimum absolute atomic E-state index is 0.00267. The fraction of sp³-hybridized carbons (Fsp3) is 0.833. The molecule has 3 saturated carbocycles. The molecule has 7 aliphatic rings. The van der Waals surface area contributed by atoms with Crippen LogP contribution in [-0.2, 0) is 62.3 Å². The average Bonchev–Trinajstić information content (AvgIpc) is 1.40. The number of nitrogens with one attached hydrogen (secondary N) is 4. The summed E-state index contributed by atoms with van der Waals surface area (Å²) in [5, 5.41) is 10.0. The van der Waals surface area contributed by atoms with E-state index in [9.17, 15) is 55.1 Å². The smallest absolute Gasteiger partial charge is 0.378 e. The maximum Gasteiger partial charge on any atom is 0.393 e. The number of likely N-dealkylation sites (N-methyl/N-ethyl adjacent to an activating group) is 5. The summed E-state index contributed by atoms with van der Waals surface area (Å²) in [7, 11) is 6.77. The number of hydrogen-bond donors (Lipinski definition) is 4. The van der Waals surface area contributed by atoms with Gasteiger partial charge in [-0.05, 0) is 139 Å². The van der Waals surface area contributed by atoms with Crippen LogP contribution < -0.4 is 21.3 Å². The third-order valence-corrected chi connectivity index (χ3v) is 24.0. The van der Waals surface area contributed by atoms with Crippen LogP contribution in [0, 0.1) is 41.4 Å². The molecule has 14 atom stereocenters. The number of rotatable bonds is 12. The molecule has 7 rings (SSSR count). The molecule has 4 N–H and O–H groups in total. The first-order chi connectivity index (χ1) is 48.8. The zero-order valence-corrected chi connectivity index (χ0v) is 63.4. The van der Waals surface area contributed by atoms with Gasteiger partial charge in [0.15, 0.2) is 0 Å². The molecule has 104 heavy (non-hydrogen) atoms. The second-order valence-corrected chi connectivity index (χ2v) is 31.7. The van der Waals surface area contributed by atoms with Gasteiger partial charge < -0.3 is 65.2 Å². The Morgan fingerprint density at radius 2 is 1.22 bits per heavy atom. The first-order valence-corrected chi connectivity index (χ1v) is 38.0. The van der Waals surface area contributed by atoms with Crippen molar-refractivity contribution in [3.63, 3.8) is 0 Å². The summed E-state index contributed by atoms with van der Waals surface area (Å²) in [6, 6.07) is -11.9. The van der Waals surface area contributed by atoms with E-state index in [2.05, 4.69) is 21.3 Å². The third-order valence-electron chi connectivity index (χ3n) is 23.5. The van der Waals surface area contributed by atoms with Crippen molar-refractivity contribution >= 4 is 82.5 Å². The van der Waals surface area contributed by atoms with E-state index in [1.807, 2.05) is 20.8 Å². The van der Waals surface area contributed by atoms with E-state index in [1.165, 1.54) is 66.7 Å². The standard InChI is InChI=1S/C72H113ClF6N12O13/c1-13-42(5)58-62(96)80-44(7)63(97)91-31-27-52(91)66(100)86(10)54(38-46-19-23-47(24-20-46)71(74,75)76)65(99)84(8)40-56(92)81-50(26-22-45-21-25-48(49(73)37-45)72(77,78)79)64(98)90-30-17-18-51(90)61(95)83-70(28-15-16-29-70)69(103)88(12)59(43(6)14-2)68(102)87(11)55(67(101)89-32-34-104-35-33-89)39-57(93)85(9)53(36-41(3)4)60(94)82-58/h41-55,58-59H,13-40H2,1-12H3,(H,80,96)(H,81,92)(H,82,94)(H,83,95)/t42-,43-,44-,45?,46?,47?,48?,49?,50-,51-,52-,53-,54-,55-,58-,59-/m0/s1. The minimum Gasteiger partial charge on any atom is -0.378 e. The number of fused-ring (bicyclic) bond motifs is 2. The Labute approximate surface area is 612 Å². The van der Waals surface area contributed by atoms with Gasteiger partial charge in [-0.25, -0.2) is 0 Å². The van der Waals surface area contributed by atoms with Crippen molar-refractivity contribution in [2.45, 2.75) is 261 Å². The molecule has 4 saturated heterocycles. The number of alkyl halides is 7. The molecule has 25 nitrogen and oxygen atoms in total. The highest BCUT2D eigenvalue weighted by Crippen LogP contribution is 2.45. The number of carbonyl (C=O) groups is 12. The van der Waals surface area contributed by atoms with Crippen molar-refractivity contribution in [3.8, 4) is 0 Å². The van der Waals surface area contributed by atoms with E-state index in [0.717, 1.165) is 14.7 Å². The molecule has 0 radical (unpaired) electrons. The van der Waals surface area contributed by atoms with E-state index in [0.29, 0.717) is 25.7 Å². The lowest BCUT2D eigenvalue weighted by molar-refractivity contribution is -0.184. The van der Waals surface area contributed by atoms with Crippen LogP contribution in [0.25, 0.3) is 0 Å². The van der Waals surface area contributed by atoms with Crippen LogP contribution in [0.5, 0.6) is 0 Å². The summed E-state index contributed by atoms with van der Waals surface area (Å²) in [6.45, 7) is 12.0. The zero-order valence-electron chi connectivity index (χ0n) is 62.6. The number of carbonyl (C=O) groups excluding carboxylic acids is 12. The summed E-state index contributed by atoms with van der Waals surface area (Å²) in [5.74, 6) is -14.4. The molecule has 32 heteroatoms. The largest absolute Gasteiger partial charge is 0.393 e. The van der Waals surface area contributed by atoms with Gasteiger partial charge in [0.2, 0.25) is 70.9 Å². The number of hydrogen-bond acceptors (Lipinski definition) is 13. The second kappa shape index (κ2) is 36.4. The van der Waals surface area contributed by atoms with Gasteiger partial charge in [-0.1, -0.05) is 67.2 Å². The van der Waals surface area contributed by atoms with Crippen molar-refractivity contribution in [2.75, 3.05) is 81.2 Å². The Morgan fingerprint density at radius 3 is 1.79 bits per heavy atom. The van der Waals surface area contributed by atoms with Crippen molar-refractivity contribution in [1.82, 2.24) is 60.5 Å². The number of ether oxygens (including phenoxy) is 1. The lowest BCUT2D eigenvalue weighted by atomic mass is 9.78. The Kier molecular flexibility index (Phi) is 29.6. The molecule has 3 aliphatic carbocycles. The van der Waals surface area contributed by atoms with Crippen LogP contribution in [0.4, 0.5) is 26.3 Å².